The van der Waals surface area contributed by atoms with Crippen molar-refractivity contribution in [2.75, 3.05) is 5.32 Å². The van der Waals surface area contributed by atoms with Gasteiger partial charge < -0.3 is 11.1 Å². The molecule has 6 heteroatoms. The van der Waals surface area contributed by atoms with Crippen LogP contribution in [0.4, 0.5) is 15.9 Å². The second-order valence-corrected chi connectivity index (χ2v) is 4.79. The van der Waals surface area contributed by atoms with E-state index in [1.165, 1.54) is 6.07 Å². The van der Waals surface area contributed by atoms with E-state index < -0.39 is 0 Å². The molecule has 0 aliphatic heterocycles. The lowest BCUT2D eigenvalue weighted by Gasteiger charge is -2.09. The number of anilines is 2. The molecule has 3 nitrogen and oxygen atoms in total. The maximum Gasteiger partial charge on any atom is 0.147 e. The third-order valence-electron chi connectivity index (χ3n) is 2.22. The molecule has 0 radical (unpaired) electrons. The summed E-state index contributed by atoms with van der Waals surface area (Å²) in [4.78, 5) is 4.39. The number of benzene rings is 1. The number of hydrogen-bond donors (Lipinski definition) is 2. The molecule has 92 valence electrons. The molecule has 1 aromatic carbocycles. The lowest BCUT2D eigenvalue weighted by molar-refractivity contribution is 0.631. The summed E-state index contributed by atoms with van der Waals surface area (Å²) >= 11 is 8.11. The number of aromatic nitrogens is 1. The Labute approximate surface area is 117 Å². The van der Waals surface area contributed by atoms with Crippen LogP contribution in [0.25, 0.3) is 0 Å². The van der Waals surface area contributed by atoms with E-state index in [9.17, 15) is 4.39 Å². The largest absolute Gasteiger partial charge is 0.388 e. The average molecular weight is 326 g/mol. The van der Waals surface area contributed by atoms with Gasteiger partial charge in [0.15, 0.2) is 0 Å². The van der Waals surface area contributed by atoms with Crippen molar-refractivity contribution in [3.8, 4) is 0 Å². The van der Waals surface area contributed by atoms with Crippen molar-refractivity contribution in [1.82, 2.24) is 4.98 Å². The Morgan fingerprint density at radius 3 is 2.67 bits per heavy atom. The van der Waals surface area contributed by atoms with Gasteiger partial charge >= 0.3 is 0 Å². The normalized spacial score (nSPS) is 10.1. The van der Waals surface area contributed by atoms with E-state index >= 15 is 0 Å². The van der Waals surface area contributed by atoms with E-state index in [0.29, 0.717) is 21.7 Å². The van der Waals surface area contributed by atoms with Crippen LogP contribution in [0.1, 0.15) is 5.69 Å². The highest BCUT2D eigenvalue weighted by atomic mass is 79.9. The van der Waals surface area contributed by atoms with Crippen molar-refractivity contribution in [3.63, 3.8) is 0 Å². The zero-order chi connectivity index (χ0) is 13.1. The van der Waals surface area contributed by atoms with E-state index in [-0.39, 0.29) is 10.8 Å². The summed E-state index contributed by atoms with van der Waals surface area (Å²) in [5.74, 6) is 0.109. The Bertz CT molecular complexity index is 583. The smallest absolute Gasteiger partial charge is 0.147 e. The van der Waals surface area contributed by atoms with Crippen LogP contribution in [0.2, 0.25) is 0 Å². The Kier molecular flexibility index (Phi) is 3.88. The van der Waals surface area contributed by atoms with Crippen molar-refractivity contribution in [2.24, 2.45) is 5.73 Å². The number of para-hydroxylation sites is 1. The molecule has 2 rings (SSSR count). The third-order valence-corrected chi connectivity index (χ3v) is 3.09. The Hall–Kier alpha value is -1.53. The standard InChI is InChI=1S/C12H9BrFN3S/c13-7-3-1-4-8(14)11(7)17-10-6-2-5-9(16-10)12(15)18/h1-6H,(H2,15,18)(H,16,17). The number of hydrogen-bond acceptors (Lipinski definition) is 3. The van der Waals surface area contributed by atoms with E-state index in [2.05, 4.69) is 26.2 Å². The van der Waals surface area contributed by atoms with Gasteiger partial charge in [0.05, 0.1) is 11.4 Å². The van der Waals surface area contributed by atoms with Crippen LogP contribution in [0.3, 0.4) is 0 Å². The molecule has 2 aromatic rings. The van der Waals surface area contributed by atoms with E-state index in [1.54, 1.807) is 30.3 Å². The molecule has 0 aliphatic rings. The van der Waals surface area contributed by atoms with Crippen LogP contribution in [0.15, 0.2) is 40.9 Å². The van der Waals surface area contributed by atoms with E-state index in [0.717, 1.165) is 0 Å². The van der Waals surface area contributed by atoms with Crippen molar-refractivity contribution >= 4 is 44.6 Å². The first-order valence-electron chi connectivity index (χ1n) is 5.06. The van der Waals surface area contributed by atoms with Gasteiger partial charge in [0.1, 0.15) is 16.6 Å². The van der Waals surface area contributed by atoms with Gasteiger partial charge in [-0.05, 0) is 40.2 Å². The predicted molar refractivity (Wildman–Crippen MR) is 77.5 cm³/mol. The van der Waals surface area contributed by atoms with Gasteiger partial charge in [0.2, 0.25) is 0 Å². The van der Waals surface area contributed by atoms with E-state index in [4.69, 9.17) is 18.0 Å². The fraction of sp³-hybridized carbons (Fsp3) is 0. The van der Waals surface area contributed by atoms with Crippen LogP contribution in [-0.4, -0.2) is 9.97 Å². The highest BCUT2D eigenvalue weighted by Gasteiger charge is 2.08. The van der Waals surface area contributed by atoms with Crippen LogP contribution in [-0.2, 0) is 0 Å². The van der Waals surface area contributed by atoms with Gasteiger partial charge in [0, 0.05) is 4.47 Å². The summed E-state index contributed by atoms with van der Waals surface area (Å²) in [7, 11) is 0. The summed E-state index contributed by atoms with van der Waals surface area (Å²) < 4.78 is 14.2. The van der Waals surface area contributed by atoms with Crippen LogP contribution < -0.4 is 11.1 Å². The number of nitrogens with one attached hydrogen (secondary N) is 1. The minimum Gasteiger partial charge on any atom is -0.388 e. The molecule has 0 fully saturated rings. The first kappa shape index (κ1) is 12.9. The maximum absolute atomic E-state index is 13.6. The molecule has 0 amide bonds. The molecule has 0 aliphatic carbocycles. The van der Waals surface area contributed by atoms with E-state index in [1.807, 2.05) is 0 Å². The van der Waals surface area contributed by atoms with Gasteiger partial charge in [-0.1, -0.05) is 24.4 Å². The molecule has 1 heterocycles. The van der Waals surface area contributed by atoms with Gasteiger partial charge in [-0.25, -0.2) is 9.37 Å². The number of pyridine rings is 1. The summed E-state index contributed by atoms with van der Waals surface area (Å²) in [6.45, 7) is 0. The maximum atomic E-state index is 13.6. The molecule has 1 aromatic heterocycles. The number of halogens is 2. The minimum atomic E-state index is -0.369. The van der Waals surface area contributed by atoms with Crippen LogP contribution in [0, 0.1) is 5.82 Å². The van der Waals surface area contributed by atoms with Crippen molar-refractivity contribution < 1.29 is 4.39 Å². The number of nitrogens with zero attached hydrogens (tertiary/aromatic N) is 1. The van der Waals surface area contributed by atoms with Crippen LogP contribution in [0.5, 0.6) is 0 Å². The number of thiocarbonyl (C=S) groups is 1. The van der Waals surface area contributed by atoms with Gasteiger partial charge in [-0.15, -0.1) is 0 Å². The summed E-state index contributed by atoms with van der Waals surface area (Å²) in [5, 5.41) is 2.89. The van der Waals surface area contributed by atoms with Gasteiger partial charge in [0.25, 0.3) is 0 Å². The predicted octanol–water partition coefficient (Wildman–Crippen LogP) is 3.36. The van der Waals surface area contributed by atoms with Crippen molar-refractivity contribution in [3.05, 3.63) is 52.4 Å². The highest BCUT2D eigenvalue weighted by molar-refractivity contribution is 9.10. The first-order chi connectivity index (χ1) is 8.58. The monoisotopic (exact) mass is 325 g/mol. The molecular formula is C12H9BrFN3S. The number of nitrogens with two attached hydrogens (primary N) is 1. The summed E-state index contributed by atoms with van der Waals surface area (Å²) in [6, 6.07) is 9.87. The average Bonchev–Trinajstić information content (AvgIpc) is 2.34. The summed E-state index contributed by atoms with van der Waals surface area (Å²) in [6.07, 6.45) is 0. The molecular weight excluding hydrogens is 317 g/mol. The SMILES string of the molecule is NC(=S)c1cccc(Nc2c(F)cccc2Br)n1. The second kappa shape index (κ2) is 5.41. The number of rotatable bonds is 3. The third kappa shape index (κ3) is 2.83. The fourth-order valence-electron chi connectivity index (χ4n) is 1.39. The van der Waals surface area contributed by atoms with Gasteiger partial charge in [-0.3, -0.25) is 0 Å². The molecule has 0 saturated carbocycles. The molecule has 0 atom stereocenters. The molecule has 3 N–H and O–H groups in total. The molecule has 0 spiro atoms. The lowest BCUT2D eigenvalue weighted by Crippen LogP contribution is -2.12. The van der Waals surface area contributed by atoms with Crippen molar-refractivity contribution in [2.45, 2.75) is 0 Å². The van der Waals surface area contributed by atoms with Gasteiger partial charge in [-0.2, -0.15) is 0 Å². The molecule has 18 heavy (non-hydrogen) atoms. The molecule has 0 bridgehead atoms. The Balaban J connectivity index is 2.34. The highest BCUT2D eigenvalue weighted by Crippen LogP contribution is 2.27. The summed E-state index contributed by atoms with van der Waals surface area (Å²) in [5.41, 5.74) is 6.31. The lowest BCUT2D eigenvalue weighted by atomic mass is 10.3. The zero-order valence-corrected chi connectivity index (χ0v) is 11.6. The topological polar surface area (TPSA) is 50.9 Å². The Morgan fingerprint density at radius 2 is 2.00 bits per heavy atom. The quantitative estimate of drug-likeness (QED) is 0.849. The molecule has 0 unspecified atom stereocenters. The zero-order valence-electron chi connectivity index (χ0n) is 9.15. The first-order valence-corrected chi connectivity index (χ1v) is 6.26. The Morgan fingerprint density at radius 1 is 1.28 bits per heavy atom. The van der Waals surface area contributed by atoms with Crippen LogP contribution >= 0.6 is 28.1 Å². The van der Waals surface area contributed by atoms with Crippen molar-refractivity contribution in [1.29, 1.82) is 0 Å². The minimum absolute atomic E-state index is 0.200. The molecule has 0 saturated heterocycles. The fourth-order valence-corrected chi connectivity index (χ4v) is 1.94. The second-order valence-electron chi connectivity index (χ2n) is 3.49.